The number of fused-ring (bicyclic) bond motifs is 1. The van der Waals surface area contributed by atoms with E-state index in [0.29, 0.717) is 24.6 Å². The van der Waals surface area contributed by atoms with Gasteiger partial charge in [0, 0.05) is 37.7 Å². The molecule has 0 radical (unpaired) electrons. The first-order valence-electron chi connectivity index (χ1n) is 9.04. The summed E-state index contributed by atoms with van der Waals surface area (Å²) in [5.74, 6) is 1.45. The first kappa shape index (κ1) is 18.0. The van der Waals surface area contributed by atoms with Crippen molar-refractivity contribution in [1.82, 2.24) is 24.1 Å². The lowest BCUT2D eigenvalue weighted by Crippen LogP contribution is -2.38. The smallest absolute Gasteiger partial charge is 0.258 e. The van der Waals surface area contributed by atoms with Gasteiger partial charge in [-0.1, -0.05) is 17.8 Å². The molecule has 0 unspecified atom stereocenters. The molecule has 0 N–H and O–H groups in total. The van der Waals surface area contributed by atoms with Gasteiger partial charge in [0.1, 0.15) is 5.65 Å². The molecule has 27 heavy (non-hydrogen) atoms. The van der Waals surface area contributed by atoms with E-state index in [1.165, 1.54) is 0 Å². The van der Waals surface area contributed by atoms with Crippen LogP contribution in [0.2, 0.25) is 0 Å². The van der Waals surface area contributed by atoms with Crippen LogP contribution in [0.1, 0.15) is 18.2 Å². The maximum Gasteiger partial charge on any atom is 0.258 e. The molecule has 142 valence electrons. The minimum atomic E-state index is -0.0646. The third-order valence-electron chi connectivity index (χ3n) is 4.60. The van der Waals surface area contributed by atoms with Crippen LogP contribution in [0.15, 0.2) is 34.3 Å². The number of nitrogens with zero attached hydrogens (tertiary/aromatic N) is 6. The highest BCUT2D eigenvalue weighted by atomic mass is 32.2. The summed E-state index contributed by atoms with van der Waals surface area (Å²) in [5, 5.41) is 9.58. The molecule has 4 rings (SSSR count). The van der Waals surface area contributed by atoms with Gasteiger partial charge >= 0.3 is 0 Å². The highest BCUT2D eigenvalue weighted by Crippen LogP contribution is 2.25. The van der Waals surface area contributed by atoms with Gasteiger partial charge in [0.15, 0.2) is 5.16 Å². The second kappa shape index (κ2) is 7.69. The average Bonchev–Trinajstić information content (AvgIpc) is 3.11. The number of aryl methyl sites for hydroxylation is 1. The Kier molecular flexibility index (Phi) is 5.13. The van der Waals surface area contributed by atoms with Gasteiger partial charge in [0.05, 0.1) is 18.9 Å². The van der Waals surface area contributed by atoms with Crippen molar-refractivity contribution in [3.8, 4) is 0 Å². The summed E-state index contributed by atoms with van der Waals surface area (Å²) in [6, 6.07) is 5.41. The van der Waals surface area contributed by atoms with Crippen LogP contribution in [0.25, 0.3) is 5.65 Å². The van der Waals surface area contributed by atoms with E-state index in [1.807, 2.05) is 19.1 Å². The van der Waals surface area contributed by atoms with Crippen LogP contribution in [-0.4, -0.2) is 50.5 Å². The number of aromatic nitrogens is 5. The molecule has 1 fully saturated rings. The number of rotatable bonds is 5. The Morgan fingerprint density at radius 3 is 2.85 bits per heavy atom. The molecule has 1 aliphatic heterocycles. The fourth-order valence-corrected chi connectivity index (χ4v) is 4.07. The molecule has 3 aromatic heterocycles. The molecule has 9 heteroatoms. The Hall–Kier alpha value is -2.39. The lowest BCUT2D eigenvalue weighted by atomic mass is 10.3. The maximum absolute atomic E-state index is 12.4. The minimum Gasteiger partial charge on any atom is -0.378 e. The molecule has 8 nitrogen and oxygen atoms in total. The van der Waals surface area contributed by atoms with E-state index in [4.69, 9.17) is 4.74 Å². The number of anilines is 1. The van der Waals surface area contributed by atoms with Gasteiger partial charge in [-0.15, -0.1) is 10.2 Å². The number of pyridine rings is 1. The van der Waals surface area contributed by atoms with Crippen molar-refractivity contribution < 1.29 is 4.74 Å². The zero-order valence-electron chi connectivity index (χ0n) is 15.5. The van der Waals surface area contributed by atoms with Gasteiger partial charge in [-0.3, -0.25) is 13.8 Å². The van der Waals surface area contributed by atoms with E-state index in [1.54, 1.807) is 28.4 Å². The molecule has 4 heterocycles. The van der Waals surface area contributed by atoms with E-state index >= 15 is 0 Å². The second-order valence-corrected chi connectivity index (χ2v) is 7.33. The third-order valence-corrected chi connectivity index (χ3v) is 5.60. The van der Waals surface area contributed by atoms with Crippen LogP contribution in [0, 0.1) is 6.92 Å². The Labute approximate surface area is 161 Å². The standard InChI is InChI=1S/C18H22N6O2S/c1-3-23-17(22-7-9-26-10-8-22)20-21-18(23)27-12-14-11-15(25)24-6-4-5-13(2)16(24)19-14/h4-6,11H,3,7-10,12H2,1-2H3. The monoisotopic (exact) mass is 386 g/mol. The van der Waals surface area contributed by atoms with Crippen molar-refractivity contribution in [1.29, 1.82) is 0 Å². The Bertz CT molecular complexity index is 1010. The van der Waals surface area contributed by atoms with E-state index in [2.05, 4.69) is 31.6 Å². The molecule has 0 bridgehead atoms. The summed E-state index contributed by atoms with van der Waals surface area (Å²) in [4.78, 5) is 19.2. The first-order valence-corrected chi connectivity index (χ1v) is 10.0. The average molecular weight is 386 g/mol. The molecule has 0 saturated carbocycles. The van der Waals surface area contributed by atoms with Crippen molar-refractivity contribution >= 4 is 23.4 Å². The van der Waals surface area contributed by atoms with Gasteiger partial charge < -0.3 is 9.64 Å². The molecular weight excluding hydrogens is 364 g/mol. The predicted molar refractivity (Wildman–Crippen MR) is 104 cm³/mol. The quantitative estimate of drug-likeness (QED) is 0.618. The Morgan fingerprint density at radius 1 is 1.26 bits per heavy atom. The Morgan fingerprint density at radius 2 is 2.07 bits per heavy atom. The van der Waals surface area contributed by atoms with Crippen LogP contribution in [-0.2, 0) is 17.0 Å². The fourth-order valence-electron chi connectivity index (χ4n) is 3.18. The van der Waals surface area contributed by atoms with Crippen LogP contribution < -0.4 is 10.5 Å². The summed E-state index contributed by atoms with van der Waals surface area (Å²) < 4.78 is 9.10. The van der Waals surface area contributed by atoms with E-state index in [0.717, 1.165) is 42.0 Å². The van der Waals surface area contributed by atoms with E-state index < -0.39 is 0 Å². The summed E-state index contributed by atoms with van der Waals surface area (Å²) in [6.45, 7) is 7.90. The van der Waals surface area contributed by atoms with Crippen molar-refractivity contribution in [2.24, 2.45) is 0 Å². The highest BCUT2D eigenvalue weighted by molar-refractivity contribution is 7.98. The largest absolute Gasteiger partial charge is 0.378 e. The molecule has 0 aliphatic carbocycles. The maximum atomic E-state index is 12.4. The predicted octanol–water partition coefficient (Wildman–Crippen LogP) is 1.74. The zero-order chi connectivity index (χ0) is 18.8. The lowest BCUT2D eigenvalue weighted by Gasteiger charge is -2.27. The number of hydrogen-bond acceptors (Lipinski definition) is 7. The molecule has 1 aliphatic rings. The van der Waals surface area contributed by atoms with Crippen LogP contribution in [0.4, 0.5) is 5.95 Å². The SMILES string of the molecule is CCn1c(SCc2cc(=O)n3cccc(C)c3n2)nnc1N1CCOCC1. The van der Waals surface area contributed by atoms with Gasteiger partial charge in [0.2, 0.25) is 5.95 Å². The lowest BCUT2D eigenvalue weighted by molar-refractivity contribution is 0.121. The second-order valence-electron chi connectivity index (χ2n) is 6.39. The molecule has 0 aromatic carbocycles. The summed E-state index contributed by atoms with van der Waals surface area (Å²) in [5.41, 5.74) is 2.36. The number of hydrogen-bond donors (Lipinski definition) is 0. The third kappa shape index (κ3) is 3.57. The van der Waals surface area contributed by atoms with Crippen LogP contribution in [0.3, 0.4) is 0 Å². The van der Waals surface area contributed by atoms with Gasteiger partial charge in [-0.05, 0) is 25.5 Å². The molecule has 0 spiro atoms. The molecule has 3 aromatic rings. The Balaban J connectivity index is 1.57. The van der Waals surface area contributed by atoms with Crippen molar-refractivity contribution in [3.63, 3.8) is 0 Å². The van der Waals surface area contributed by atoms with Crippen molar-refractivity contribution in [2.45, 2.75) is 31.3 Å². The molecule has 0 atom stereocenters. The number of ether oxygens (including phenoxy) is 1. The fraction of sp³-hybridized carbons (Fsp3) is 0.444. The minimum absolute atomic E-state index is 0.0646. The molecule has 0 amide bonds. The first-order chi connectivity index (χ1) is 13.2. The van der Waals surface area contributed by atoms with Gasteiger partial charge in [-0.25, -0.2) is 4.98 Å². The van der Waals surface area contributed by atoms with E-state index in [-0.39, 0.29) is 5.56 Å². The van der Waals surface area contributed by atoms with Gasteiger partial charge in [0.25, 0.3) is 5.56 Å². The summed E-state index contributed by atoms with van der Waals surface area (Å²) in [7, 11) is 0. The summed E-state index contributed by atoms with van der Waals surface area (Å²) in [6.07, 6.45) is 1.75. The number of thioether (sulfide) groups is 1. The van der Waals surface area contributed by atoms with E-state index in [9.17, 15) is 4.79 Å². The highest BCUT2D eigenvalue weighted by Gasteiger charge is 2.20. The normalized spacial score (nSPS) is 14.8. The van der Waals surface area contributed by atoms with Crippen molar-refractivity contribution in [3.05, 3.63) is 46.0 Å². The van der Waals surface area contributed by atoms with Crippen LogP contribution >= 0.6 is 11.8 Å². The molecule has 1 saturated heterocycles. The van der Waals surface area contributed by atoms with Gasteiger partial charge in [-0.2, -0.15) is 0 Å². The molecular formula is C18H22N6O2S. The summed E-state index contributed by atoms with van der Waals surface area (Å²) >= 11 is 1.55. The topological polar surface area (TPSA) is 77.5 Å². The van der Waals surface area contributed by atoms with Crippen LogP contribution in [0.5, 0.6) is 0 Å². The van der Waals surface area contributed by atoms with Crippen molar-refractivity contribution in [2.75, 3.05) is 31.2 Å². The number of morpholine rings is 1. The zero-order valence-corrected chi connectivity index (χ0v) is 16.3.